The second kappa shape index (κ2) is 12.3. The van der Waals surface area contributed by atoms with Crippen LogP contribution in [0.15, 0.2) is 51.4 Å². The molecule has 40 heavy (non-hydrogen) atoms. The lowest BCUT2D eigenvalue weighted by atomic mass is 10.0. The Morgan fingerprint density at radius 1 is 1.20 bits per heavy atom. The maximum atomic E-state index is 13.2. The van der Waals surface area contributed by atoms with Gasteiger partial charge in [0.2, 0.25) is 5.82 Å². The Balaban J connectivity index is 1.59. The highest BCUT2D eigenvalue weighted by molar-refractivity contribution is 9.10. The molecule has 3 heterocycles. The molecule has 3 aromatic heterocycles. The molecule has 0 amide bonds. The number of aromatic nitrogens is 6. The van der Waals surface area contributed by atoms with E-state index in [9.17, 15) is 4.79 Å². The Morgan fingerprint density at radius 3 is 2.73 bits per heavy atom. The van der Waals surface area contributed by atoms with Gasteiger partial charge in [-0.15, -0.1) is 10.2 Å². The number of carbonyl (C=O) groups excluding carboxylic acids is 1. The van der Waals surface area contributed by atoms with Crippen molar-refractivity contribution in [3.63, 3.8) is 0 Å². The Bertz CT molecular complexity index is 1630. The first kappa shape index (κ1) is 28.0. The summed E-state index contributed by atoms with van der Waals surface area (Å²) in [5.74, 6) is 1.27. The predicted octanol–water partition coefficient (Wildman–Crippen LogP) is 6.47. The third kappa shape index (κ3) is 5.54. The number of carbonyl (C=O) groups is 1. The van der Waals surface area contributed by atoms with Crippen LogP contribution in [0.2, 0.25) is 5.15 Å². The van der Waals surface area contributed by atoms with Crippen molar-refractivity contribution in [2.24, 2.45) is 0 Å². The number of hydrogen-bond acceptors (Lipinski definition) is 8. The Hall–Kier alpha value is -3.54. The molecule has 0 saturated heterocycles. The molecular formula is C28H28BrClN6O4. The average molecular weight is 628 g/mol. The zero-order valence-corrected chi connectivity index (χ0v) is 24.6. The molecule has 208 valence electrons. The average Bonchev–Trinajstić information content (AvgIpc) is 3.66. The minimum Gasteiger partial charge on any atom is -0.455 e. The fraction of sp³-hybridized carbons (Fsp3) is 0.321. The first-order valence-corrected chi connectivity index (χ1v) is 14.1. The van der Waals surface area contributed by atoms with E-state index in [0.29, 0.717) is 30.1 Å². The SMILES string of the molecule is CCCCc1nc(Cl)c(C(=O)OC(C)COC)n1Cc1cccc2oc(-c3ccccc3-c3nn[nH]n3)c(Br)c12. The summed E-state index contributed by atoms with van der Waals surface area (Å²) in [5, 5.41) is 15.5. The van der Waals surface area contributed by atoms with Gasteiger partial charge in [0.05, 0.1) is 17.6 Å². The van der Waals surface area contributed by atoms with Gasteiger partial charge in [-0.05, 0) is 46.1 Å². The number of ether oxygens (including phenoxy) is 2. The molecule has 10 nitrogen and oxygen atoms in total. The monoisotopic (exact) mass is 626 g/mol. The number of halogens is 2. The summed E-state index contributed by atoms with van der Waals surface area (Å²) in [4.78, 5) is 17.8. The number of nitrogens with zero attached hydrogens (tertiary/aromatic N) is 5. The summed E-state index contributed by atoms with van der Waals surface area (Å²) in [6.45, 7) is 4.48. The van der Waals surface area contributed by atoms with Crippen LogP contribution in [-0.4, -0.2) is 56.0 Å². The molecule has 1 atom stereocenters. The van der Waals surface area contributed by atoms with Crippen LogP contribution in [0.3, 0.4) is 0 Å². The molecule has 0 fully saturated rings. The van der Waals surface area contributed by atoms with Crippen LogP contribution < -0.4 is 0 Å². The minimum absolute atomic E-state index is 0.119. The van der Waals surface area contributed by atoms with Gasteiger partial charge in [0.1, 0.15) is 23.3 Å². The standard InChI is InChI=1S/C28H28BrClN6O4/c1-4-5-13-21-31-26(30)24(28(37)39-16(2)15-38-3)36(21)14-17-9-8-12-20-22(17)23(29)25(40-20)18-10-6-7-11-19(18)27-32-34-35-33-27/h6-12,16H,4-5,13-15H2,1-3H3,(H,32,33,34,35). The third-order valence-electron chi connectivity index (χ3n) is 6.49. The fourth-order valence-corrected chi connectivity index (χ4v) is 5.69. The third-order valence-corrected chi connectivity index (χ3v) is 7.51. The number of rotatable bonds is 11. The zero-order valence-electron chi connectivity index (χ0n) is 22.3. The number of benzene rings is 2. The van der Waals surface area contributed by atoms with Crippen molar-refractivity contribution in [3.05, 3.63) is 69.2 Å². The quantitative estimate of drug-likeness (QED) is 0.165. The zero-order chi connectivity index (χ0) is 28.2. The van der Waals surface area contributed by atoms with E-state index >= 15 is 0 Å². The van der Waals surface area contributed by atoms with Gasteiger partial charge in [-0.2, -0.15) is 5.21 Å². The molecule has 0 radical (unpaired) electrons. The minimum atomic E-state index is -0.544. The highest BCUT2D eigenvalue weighted by Crippen LogP contribution is 2.42. The van der Waals surface area contributed by atoms with Gasteiger partial charge in [0, 0.05) is 30.0 Å². The number of aromatic amines is 1. The normalized spacial score (nSPS) is 12.2. The second-order valence-corrected chi connectivity index (χ2v) is 10.5. The van der Waals surface area contributed by atoms with E-state index in [2.05, 4.69) is 48.5 Å². The predicted molar refractivity (Wildman–Crippen MR) is 154 cm³/mol. The van der Waals surface area contributed by atoms with Crippen molar-refractivity contribution in [2.45, 2.75) is 45.8 Å². The van der Waals surface area contributed by atoms with E-state index in [1.807, 2.05) is 47.0 Å². The van der Waals surface area contributed by atoms with Crippen LogP contribution in [0, 0.1) is 0 Å². The molecule has 2 aromatic carbocycles. The summed E-state index contributed by atoms with van der Waals surface area (Å²) in [6, 6.07) is 13.5. The first-order valence-electron chi connectivity index (χ1n) is 12.9. The van der Waals surface area contributed by atoms with Crippen molar-refractivity contribution < 1.29 is 18.7 Å². The number of tetrazole rings is 1. The van der Waals surface area contributed by atoms with E-state index < -0.39 is 12.1 Å². The molecular weight excluding hydrogens is 600 g/mol. The van der Waals surface area contributed by atoms with Gasteiger partial charge in [-0.3, -0.25) is 0 Å². The summed E-state index contributed by atoms with van der Waals surface area (Å²) >= 11 is 10.3. The van der Waals surface area contributed by atoms with Gasteiger partial charge in [-0.1, -0.05) is 61.3 Å². The van der Waals surface area contributed by atoms with E-state index in [-0.39, 0.29) is 17.5 Å². The van der Waals surface area contributed by atoms with Crippen LogP contribution in [0.25, 0.3) is 33.7 Å². The smallest absolute Gasteiger partial charge is 0.358 e. The molecule has 0 aliphatic carbocycles. The number of methoxy groups -OCH3 is 1. The molecule has 5 aromatic rings. The van der Waals surface area contributed by atoms with Crippen molar-refractivity contribution in [2.75, 3.05) is 13.7 Å². The summed E-state index contributed by atoms with van der Waals surface area (Å²) in [7, 11) is 1.56. The number of hydrogen-bond donors (Lipinski definition) is 1. The highest BCUT2D eigenvalue weighted by atomic mass is 79.9. The summed E-state index contributed by atoms with van der Waals surface area (Å²) in [6.07, 6.45) is 2.10. The van der Waals surface area contributed by atoms with Crippen LogP contribution in [-0.2, 0) is 22.4 Å². The summed E-state index contributed by atoms with van der Waals surface area (Å²) in [5.41, 5.74) is 3.40. The fourth-order valence-electron chi connectivity index (χ4n) is 4.67. The number of unbranched alkanes of at least 4 members (excludes halogenated alkanes) is 1. The maximum Gasteiger partial charge on any atom is 0.358 e. The Labute approximate surface area is 244 Å². The second-order valence-electron chi connectivity index (χ2n) is 9.34. The van der Waals surface area contributed by atoms with E-state index in [4.69, 9.17) is 25.5 Å². The number of nitrogens with one attached hydrogen (secondary N) is 1. The molecule has 0 saturated carbocycles. The molecule has 1 N–H and O–H groups in total. The highest BCUT2D eigenvalue weighted by Gasteiger charge is 2.27. The molecule has 0 bridgehead atoms. The number of aryl methyl sites for hydroxylation is 1. The van der Waals surface area contributed by atoms with Crippen molar-refractivity contribution in [1.29, 1.82) is 0 Å². The molecule has 1 unspecified atom stereocenters. The lowest BCUT2D eigenvalue weighted by Crippen LogP contribution is -2.22. The van der Waals surface area contributed by atoms with Crippen LogP contribution >= 0.6 is 27.5 Å². The van der Waals surface area contributed by atoms with Gasteiger partial charge in [0.25, 0.3) is 0 Å². The molecule has 12 heteroatoms. The van der Waals surface area contributed by atoms with Crippen LogP contribution in [0.4, 0.5) is 0 Å². The van der Waals surface area contributed by atoms with Gasteiger partial charge in [0.15, 0.2) is 10.8 Å². The summed E-state index contributed by atoms with van der Waals surface area (Å²) < 4.78 is 19.7. The number of H-pyrrole nitrogens is 1. The van der Waals surface area contributed by atoms with Gasteiger partial charge < -0.3 is 18.5 Å². The maximum absolute atomic E-state index is 13.2. The van der Waals surface area contributed by atoms with E-state index in [1.165, 1.54) is 0 Å². The van der Waals surface area contributed by atoms with E-state index in [0.717, 1.165) is 45.2 Å². The van der Waals surface area contributed by atoms with E-state index in [1.54, 1.807) is 14.0 Å². The molecule has 0 aliphatic rings. The first-order chi connectivity index (χ1) is 19.4. The topological polar surface area (TPSA) is 121 Å². The van der Waals surface area contributed by atoms with Crippen molar-refractivity contribution >= 4 is 44.5 Å². The number of furan rings is 1. The van der Waals surface area contributed by atoms with Crippen molar-refractivity contribution in [1.82, 2.24) is 30.2 Å². The lowest BCUT2D eigenvalue weighted by Gasteiger charge is -2.15. The largest absolute Gasteiger partial charge is 0.455 e. The van der Waals surface area contributed by atoms with Crippen LogP contribution in [0.1, 0.15) is 48.6 Å². The lowest BCUT2D eigenvalue weighted by molar-refractivity contribution is 0.0110. The number of esters is 1. The van der Waals surface area contributed by atoms with Gasteiger partial charge in [-0.25, -0.2) is 9.78 Å². The number of fused-ring (bicyclic) bond motifs is 1. The molecule has 0 spiro atoms. The number of imidazole rings is 1. The van der Waals surface area contributed by atoms with Gasteiger partial charge >= 0.3 is 5.97 Å². The van der Waals surface area contributed by atoms with Crippen LogP contribution in [0.5, 0.6) is 0 Å². The van der Waals surface area contributed by atoms with Crippen molar-refractivity contribution in [3.8, 4) is 22.7 Å². The molecule has 5 rings (SSSR count). The Kier molecular flexibility index (Phi) is 8.63. The Morgan fingerprint density at radius 2 is 2.00 bits per heavy atom. The molecule has 0 aliphatic heterocycles.